The van der Waals surface area contributed by atoms with Crippen molar-refractivity contribution >= 4 is 15.9 Å². The van der Waals surface area contributed by atoms with Crippen molar-refractivity contribution in [3.8, 4) is 0 Å². The molecule has 0 saturated carbocycles. The molecule has 138 valence electrons. The van der Waals surface area contributed by atoms with Gasteiger partial charge in [-0.2, -0.15) is 0 Å². The molecule has 3 rings (SSSR count). The molecule has 0 spiro atoms. The fourth-order valence-electron chi connectivity index (χ4n) is 2.34. The number of carbonyl (C=O) groups excluding carboxylic acids is 1. The van der Waals surface area contributed by atoms with Gasteiger partial charge in [0.25, 0.3) is 5.91 Å². The fraction of sp³-hybridized carbons (Fsp3) is 0.105. The van der Waals surface area contributed by atoms with E-state index >= 15 is 0 Å². The lowest BCUT2D eigenvalue weighted by Crippen LogP contribution is -2.25. The maximum Gasteiger partial charge on any atom is 0.251 e. The zero-order valence-corrected chi connectivity index (χ0v) is 15.2. The van der Waals surface area contributed by atoms with Gasteiger partial charge in [0.05, 0.1) is 29.4 Å². The Kier molecular flexibility index (Phi) is 5.90. The van der Waals surface area contributed by atoms with Crippen LogP contribution >= 0.6 is 0 Å². The first-order valence-electron chi connectivity index (χ1n) is 8.22. The first-order valence-corrected chi connectivity index (χ1v) is 9.71. The van der Waals surface area contributed by atoms with E-state index in [1.807, 2.05) is 6.07 Å². The van der Waals surface area contributed by atoms with Crippen LogP contribution < -0.4 is 10.0 Å². The quantitative estimate of drug-likeness (QED) is 0.650. The van der Waals surface area contributed by atoms with E-state index in [2.05, 4.69) is 20.0 Å². The second-order valence-electron chi connectivity index (χ2n) is 5.68. The Labute approximate surface area is 157 Å². The lowest BCUT2D eigenvalue weighted by Gasteiger charge is -2.09. The van der Waals surface area contributed by atoms with Crippen molar-refractivity contribution in [1.82, 2.24) is 20.0 Å². The second-order valence-corrected chi connectivity index (χ2v) is 7.44. The van der Waals surface area contributed by atoms with Crippen molar-refractivity contribution in [2.24, 2.45) is 0 Å². The molecular weight excluding hydrogens is 364 g/mol. The maximum absolute atomic E-state index is 12.5. The molecule has 0 radical (unpaired) electrons. The van der Waals surface area contributed by atoms with Gasteiger partial charge in [0.15, 0.2) is 0 Å². The van der Waals surface area contributed by atoms with Gasteiger partial charge in [0.1, 0.15) is 0 Å². The topological polar surface area (TPSA) is 101 Å². The van der Waals surface area contributed by atoms with Crippen molar-refractivity contribution in [3.05, 3.63) is 90.0 Å². The van der Waals surface area contributed by atoms with Crippen LogP contribution in [-0.4, -0.2) is 24.3 Å². The summed E-state index contributed by atoms with van der Waals surface area (Å²) in [7, 11) is -3.76. The highest BCUT2D eigenvalue weighted by Gasteiger charge is 2.16. The molecule has 0 aliphatic carbocycles. The molecule has 0 aliphatic heterocycles. The Morgan fingerprint density at radius 2 is 1.52 bits per heavy atom. The average molecular weight is 382 g/mol. The summed E-state index contributed by atoms with van der Waals surface area (Å²) < 4.78 is 27.4. The maximum atomic E-state index is 12.5. The van der Waals surface area contributed by atoms with Gasteiger partial charge in [0, 0.05) is 18.0 Å². The molecule has 1 aromatic carbocycles. The Bertz CT molecular complexity index is 1010. The molecule has 0 unspecified atom stereocenters. The van der Waals surface area contributed by atoms with Gasteiger partial charge in [-0.15, -0.1) is 0 Å². The van der Waals surface area contributed by atoms with E-state index in [9.17, 15) is 13.2 Å². The predicted octanol–water partition coefficient (Wildman–Crippen LogP) is 1.89. The van der Waals surface area contributed by atoms with Gasteiger partial charge in [-0.1, -0.05) is 18.2 Å². The molecular formula is C19H18N4O3S. The highest BCUT2D eigenvalue weighted by atomic mass is 32.2. The van der Waals surface area contributed by atoms with Gasteiger partial charge < -0.3 is 5.32 Å². The summed E-state index contributed by atoms with van der Waals surface area (Å²) in [5, 5.41) is 2.73. The molecule has 0 fully saturated rings. The number of hydrogen-bond donors (Lipinski definition) is 2. The van der Waals surface area contributed by atoms with Crippen LogP contribution in [0.15, 0.2) is 78.0 Å². The number of hydrogen-bond acceptors (Lipinski definition) is 5. The van der Waals surface area contributed by atoms with Crippen molar-refractivity contribution in [3.63, 3.8) is 0 Å². The zero-order valence-electron chi connectivity index (χ0n) is 14.4. The standard InChI is InChI=1S/C19H18N4O3S/c24-19(22-13-16-7-1-3-10-20-16)15-6-5-9-18(12-15)27(25,26)23-14-17-8-2-4-11-21-17/h1-12,23H,13-14H2,(H,22,24). The molecule has 0 bridgehead atoms. The molecule has 0 saturated heterocycles. The Balaban J connectivity index is 1.67. The summed E-state index contributed by atoms with van der Waals surface area (Å²) in [6.07, 6.45) is 3.23. The molecule has 7 nitrogen and oxygen atoms in total. The zero-order chi connectivity index (χ0) is 19.1. The number of nitrogens with one attached hydrogen (secondary N) is 2. The van der Waals surface area contributed by atoms with Crippen LogP contribution in [0.1, 0.15) is 21.7 Å². The van der Waals surface area contributed by atoms with Gasteiger partial charge in [0.2, 0.25) is 10.0 Å². The van der Waals surface area contributed by atoms with Crippen LogP contribution in [0.25, 0.3) is 0 Å². The molecule has 2 N–H and O–H groups in total. The van der Waals surface area contributed by atoms with Crippen LogP contribution in [0.3, 0.4) is 0 Å². The summed E-state index contributed by atoms with van der Waals surface area (Å²) in [6, 6.07) is 16.6. The molecule has 1 amide bonds. The van der Waals surface area contributed by atoms with Crippen molar-refractivity contribution in [1.29, 1.82) is 0 Å². The summed E-state index contributed by atoms with van der Waals surface area (Å²) in [6.45, 7) is 0.327. The second kappa shape index (κ2) is 8.52. The third kappa shape index (κ3) is 5.19. The van der Waals surface area contributed by atoms with E-state index in [4.69, 9.17) is 0 Å². The number of amides is 1. The van der Waals surface area contributed by atoms with E-state index in [0.717, 1.165) is 0 Å². The lowest BCUT2D eigenvalue weighted by molar-refractivity contribution is 0.0950. The number of nitrogens with zero attached hydrogens (tertiary/aromatic N) is 2. The van der Waals surface area contributed by atoms with E-state index < -0.39 is 10.0 Å². The van der Waals surface area contributed by atoms with Crippen LogP contribution in [-0.2, 0) is 23.1 Å². The third-order valence-corrected chi connectivity index (χ3v) is 5.13. The highest BCUT2D eigenvalue weighted by molar-refractivity contribution is 7.89. The Hall–Kier alpha value is -3.10. The molecule has 2 aromatic heterocycles. The summed E-state index contributed by atoms with van der Waals surface area (Å²) >= 11 is 0. The summed E-state index contributed by atoms with van der Waals surface area (Å²) in [4.78, 5) is 20.5. The van der Waals surface area contributed by atoms with Gasteiger partial charge in [-0.25, -0.2) is 13.1 Å². The number of benzene rings is 1. The summed E-state index contributed by atoms with van der Waals surface area (Å²) in [5.41, 5.74) is 1.57. The Morgan fingerprint density at radius 3 is 2.15 bits per heavy atom. The van der Waals surface area contributed by atoms with Crippen molar-refractivity contribution < 1.29 is 13.2 Å². The number of carbonyl (C=O) groups is 1. The molecule has 2 heterocycles. The van der Waals surface area contributed by atoms with E-state index in [1.54, 1.807) is 48.8 Å². The molecule has 0 atom stereocenters. The van der Waals surface area contributed by atoms with Crippen molar-refractivity contribution in [2.45, 2.75) is 18.0 Å². The normalized spacial score (nSPS) is 11.1. The minimum Gasteiger partial charge on any atom is -0.346 e. The molecule has 3 aromatic rings. The van der Waals surface area contributed by atoms with E-state index in [0.29, 0.717) is 11.4 Å². The number of rotatable bonds is 7. The van der Waals surface area contributed by atoms with Crippen LogP contribution in [0.4, 0.5) is 0 Å². The Morgan fingerprint density at radius 1 is 0.852 bits per heavy atom. The van der Waals surface area contributed by atoms with Gasteiger partial charge >= 0.3 is 0 Å². The number of pyridine rings is 2. The number of aromatic nitrogens is 2. The third-order valence-electron chi connectivity index (χ3n) is 3.73. The SMILES string of the molecule is O=C(NCc1ccccn1)c1cccc(S(=O)(=O)NCc2ccccn2)c1. The van der Waals surface area contributed by atoms with Crippen LogP contribution in [0.5, 0.6) is 0 Å². The first kappa shape index (κ1) is 18.7. The minimum atomic E-state index is -3.76. The average Bonchev–Trinajstić information content (AvgIpc) is 2.72. The summed E-state index contributed by atoms with van der Waals surface area (Å²) in [5.74, 6) is -0.373. The molecule has 27 heavy (non-hydrogen) atoms. The number of sulfonamides is 1. The monoisotopic (exact) mass is 382 g/mol. The first-order chi connectivity index (χ1) is 13.0. The minimum absolute atomic E-state index is 0.0175. The molecule has 8 heteroatoms. The largest absolute Gasteiger partial charge is 0.346 e. The lowest BCUT2D eigenvalue weighted by atomic mass is 10.2. The van der Waals surface area contributed by atoms with E-state index in [-0.39, 0.29) is 29.5 Å². The predicted molar refractivity (Wildman–Crippen MR) is 100 cm³/mol. The van der Waals surface area contributed by atoms with Crippen LogP contribution in [0.2, 0.25) is 0 Å². The smallest absolute Gasteiger partial charge is 0.251 e. The molecule has 0 aliphatic rings. The fourth-order valence-corrected chi connectivity index (χ4v) is 3.38. The van der Waals surface area contributed by atoms with Gasteiger partial charge in [-0.05, 0) is 42.5 Å². The van der Waals surface area contributed by atoms with E-state index in [1.165, 1.54) is 18.2 Å². The van der Waals surface area contributed by atoms with Crippen LogP contribution in [0, 0.1) is 0 Å². The van der Waals surface area contributed by atoms with Gasteiger partial charge in [-0.3, -0.25) is 14.8 Å². The van der Waals surface area contributed by atoms with Crippen molar-refractivity contribution in [2.75, 3.05) is 0 Å². The highest BCUT2D eigenvalue weighted by Crippen LogP contribution is 2.12.